The first-order chi connectivity index (χ1) is 13.0. The molecular formula is C21H25BrO5. The second kappa shape index (κ2) is 9.51. The SMILES string of the molecule is C[C@H]1CCCC=C[C@H]2CC[C@H](OC(=O)c3cccc(Br)c3)[C@@H](CC(=O)O1)O2. The zero-order chi connectivity index (χ0) is 19.2. The summed E-state index contributed by atoms with van der Waals surface area (Å²) in [5.74, 6) is -0.715. The normalized spacial score (nSPS) is 29.2. The third-order valence-electron chi connectivity index (χ3n) is 4.85. The van der Waals surface area contributed by atoms with Crippen molar-refractivity contribution in [2.24, 2.45) is 0 Å². The van der Waals surface area contributed by atoms with E-state index in [-0.39, 0.29) is 24.6 Å². The molecule has 0 unspecified atom stereocenters. The third kappa shape index (κ3) is 5.91. The summed E-state index contributed by atoms with van der Waals surface area (Å²) in [5, 5.41) is 0. The molecule has 0 radical (unpaired) electrons. The van der Waals surface area contributed by atoms with Crippen LogP contribution in [-0.2, 0) is 19.0 Å². The Morgan fingerprint density at radius 3 is 2.93 bits per heavy atom. The Morgan fingerprint density at radius 2 is 2.11 bits per heavy atom. The Bertz CT molecular complexity index is 702. The van der Waals surface area contributed by atoms with Gasteiger partial charge in [-0.1, -0.05) is 34.1 Å². The van der Waals surface area contributed by atoms with Crippen molar-refractivity contribution in [3.05, 3.63) is 46.5 Å². The van der Waals surface area contributed by atoms with E-state index < -0.39 is 18.2 Å². The van der Waals surface area contributed by atoms with E-state index in [1.807, 2.05) is 13.0 Å². The van der Waals surface area contributed by atoms with E-state index in [4.69, 9.17) is 14.2 Å². The highest BCUT2D eigenvalue weighted by atomic mass is 79.9. The molecule has 0 aliphatic carbocycles. The van der Waals surface area contributed by atoms with Gasteiger partial charge in [0.25, 0.3) is 0 Å². The van der Waals surface area contributed by atoms with Crippen molar-refractivity contribution in [3.63, 3.8) is 0 Å². The van der Waals surface area contributed by atoms with E-state index in [0.29, 0.717) is 12.0 Å². The van der Waals surface area contributed by atoms with Gasteiger partial charge in [0.2, 0.25) is 0 Å². The third-order valence-corrected chi connectivity index (χ3v) is 5.34. The van der Waals surface area contributed by atoms with E-state index >= 15 is 0 Å². The van der Waals surface area contributed by atoms with Crippen LogP contribution in [0.2, 0.25) is 0 Å². The van der Waals surface area contributed by atoms with Crippen LogP contribution in [0.15, 0.2) is 40.9 Å². The average molecular weight is 437 g/mol. The van der Waals surface area contributed by atoms with Crippen LogP contribution in [0.5, 0.6) is 0 Å². The molecule has 1 aromatic carbocycles. The minimum absolute atomic E-state index is 0.0551. The molecule has 0 saturated carbocycles. The fourth-order valence-corrected chi connectivity index (χ4v) is 3.84. The van der Waals surface area contributed by atoms with Crippen LogP contribution >= 0.6 is 15.9 Å². The van der Waals surface area contributed by atoms with Crippen LogP contribution in [0, 0.1) is 0 Å². The standard InChI is InChI=1S/C21H25BrO5/c1-14-6-3-2-4-9-17-10-11-18(19(26-17)13-20(23)25-14)27-21(24)15-7-5-8-16(22)12-15/h4-5,7-9,12,14,17-19H,2-3,6,10-11,13H2,1H3/t14-,17-,18-,19+/m0/s1. The molecule has 1 fully saturated rings. The number of esters is 2. The van der Waals surface area contributed by atoms with Gasteiger partial charge in [-0.25, -0.2) is 4.79 Å². The molecule has 146 valence electrons. The molecule has 27 heavy (non-hydrogen) atoms. The molecule has 1 saturated heterocycles. The predicted molar refractivity (Wildman–Crippen MR) is 104 cm³/mol. The van der Waals surface area contributed by atoms with Crippen molar-refractivity contribution in [1.82, 2.24) is 0 Å². The Labute approximate surface area is 168 Å². The van der Waals surface area contributed by atoms with Crippen molar-refractivity contribution in [2.45, 2.75) is 69.9 Å². The lowest BCUT2D eigenvalue weighted by Gasteiger charge is -2.35. The van der Waals surface area contributed by atoms with Crippen molar-refractivity contribution in [3.8, 4) is 0 Å². The van der Waals surface area contributed by atoms with Crippen molar-refractivity contribution < 1.29 is 23.8 Å². The molecule has 0 amide bonds. The quantitative estimate of drug-likeness (QED) is 0.501. The number of benzene rings is 1. The highest BCUT2D eigenvalue weighted by Crippen LogP contribution is 2.27. The zero-order valence-corrected chi connectivity index (χ0v) is 17.0. The number of halogens is 1. The van der Waals surface area contributed by atoms with Crippen LogP contribution in [0.25, 0.3) is 0 Å². The van der Waals surface area contributed by atoms with Crippen molar-refractivity contribution in [1.29, 1.82) is 0 Å². The second-order valence-corrected chi connectivity index (χ2v) is 8.02. The first-order valence-electron chi connectivity index (χ1n) is 9.49. The maximum atomic E-state index is 12.5. The van der Waals surface area contributed by atoms with Gasteiger partial charge in [-0.15, -0.1) is 0 Å². The number of rotatable bonds is 2. The van der Waals surface area contributed by atoms with Gasteiger partial charge in [0, 0.05) is 4.47 Å². The highest BCUT2D eigenvalue weighted by Gasteiger charge is 2.35. The van der Waals surface area contributed by atoms with E-state index in [1.54, 1.807) is 18.2 Å². The number of carbonyl (C=O) groups is 2. The Balaban J connectivity index is 1.71. The minimum atomic E-state index is -0.497. The van der Waals surface area contributed by atoms with Gasteiger partial charge in [-0.05, 0) is 57.2 Å². The predicted octanol–water partition coefficient (Wildman–Crippen LogP) is 4.58. The van der Waals surface area contributed by atoms with Gasteiger partial charge >= 0.3 is 11.9 Å². The Kier molecular flexibility index (Phi) is 7.07. The molecular weight excluding hydrogens is 412 g/mol. The first-order valence-corrected chi connectivity index (χ1v) is 10.3. The van der Waals surface area contributed by atoms with Gasteiger partial charge in [0.05, 0.1) is 24.2 Å². The lowest BCUT2D eigenvalue weighted by atomic mass is 9.97. The van der Waals surface area contributed by atoms with E-state index in [9.17, 15) is 9.59 Å². The molecule has 2 aliphatic heterocycles. The number of allylic oxidation sites excluding steroid dienone is 1. The number of cyclic esters (lactones) is 1. The maximum absolute atomic E-state index is 12.5. The van der Waals surface area contributed by atoms with Crippen LogP contribution in [0.3, 0.4) is 0 Å². The molecule has 0 spiro atoms. The summed E-state index contributed by atoms with van der Waals surface area (Å²) in [5.41, 5.74) is 0.468. The summed E-state index contributed by atoms with van der Waals surface area (Å²) >= 11 is 3.36. The molecule has 3 rings (SSSR count). The molecule has 1 aromatic rings. The first kappa shape index (κ1) is 20.1. The van der Waals surface area contributed by atoms with Crippen LogP contribution in [0.1, 0.15) is 55.8 Å². The molecule has 2 aliphatic rings. The lowest BCUT2D eigenvalue weighted by molar-refractivity contribution is -0.160. The lowest BCUT2D eigenvalue weighted by Crippen LogP contribution is -2.42. The Morgan fingerprint density at radius 1 is 1.26 bits per heavy atom. The summed E-state index contributed by atoms with van der Waals surface area (Å²) in [6.07, 6.45) is 7.32. The summed E-state index contributed by atoms with van der Waals surface area (Å²) in [6.45, 7) is 1.91. The second-order valence-electron chi connectivity index (χ2n) is 7.11. The number of fused-ring (bicyclic) bond motifs is 2. The van der Waals surface area contributed by atoms with Crippen LogP contribution in [0.4, 0.5) is 0 Å². The van der Waals surface area contributed by atoms with Gasteiger partial charge in [-0.3, -0.25) is 4.79 Å². The van der Waals surface area contributed by atoms with Gasteiger partial charge in [0.1, 0.15) is 12.2 Å². The summed E-state index contributed by atoms with van der Waals surface area (Å²) in [7, 11) is 0. The largest absolute Gasteiger partial charge is 0.463 e. The number of hydrogen-bond donors (Lipinski definition) is 0. The zero-order valence-electron chi connectivity index (χ0n) is 15.4. The molecule has 2 heterocycles. The van der Waals surface area contributed by atoms with Crippen LogP contribution in [-0.4, -0.2) is 36.4 Å². The fraction of sp³-hybridized carbons (Fsp3) is 0.524. The summed E-state index contributed by atoms with van der Waals surface area (Å²) in [4.78, 5) is 24.8. The molecule has 6 heteroatoms. The number of ether oxygens (including phenoxy) is 3. The monoisotopic (exact) mass is 436 g/mol. The summed E-state index contributed by atoms with van der Waals surface area (Å²) in [6, 6.07) is 7.06. The smallest absolute Gasteiger partial charge is 0.338 e. The molecule has 4 atom stereocenters. The number of carbonyl (C=O) groups excluding carboxylic acids is 2. The van der Waals surface area contributed by atoms with Crippen molar-refractivity contribution in [2.75, 3.05) is 0 Å². The molecule has 0 N–H and O–H groups in total. The Hall–Kier alpha value is -1.66. The maximum Gasteiger partial charge on any atom is 0.338 e. The number of hydrogen-bond acceptors (Lipinski definition) is 5. The van der Waals surface area contributed by atoms with E-state index in [2.05, 4.69) is 28.1 Å². The van der Waals surface area contributed by atoms with E-state index in [0.717, 1.165) is 30.2 Å². The highest BCUT2D eigenvalue weighted by molar-refractivity contribution is 9.10. The van der Waals surface area contributed by atoms with Gasteiger partial charge < -0.3 is 14.2 Å². The molecule has 2 bridgehead atoms. The van der Waals surface area contributed by atoms with E-state index in [1.165, 1.54) is 0 Å². The molecule has 0 aromatic heterocycles. The van der Waals surface area contributed by atoms with Gasteiger partial charge in [0.15, 0.2) is 0 Å². The summed E-state index contributed by atoms with van der Waals surface area (Å²) < 4.78 is 18.1. The average Bonchev–Trinajstić information content (AvgIpc) is 2.62. The van der Waals surface area contributed by atoms with Crippen molar-refractivity contribution >= 4 is 27.9 Å². The topological polar surface area (TPSA) is 61.8 Å². The fourth-order valence-electron chi connectivity index (χ4n) is 3.44. The van der Waals surface area contributed by atoms with Gasteiger partial charge in [-0.2, -0.15) is 0 Å². The van der Waals surface area contributed by atoms with Crippen LogP contribution < -0.4 is 0 Å². The molecule has 5 nitrogen and oxygen atoms in total. The minimum Gasteiger partial charge on any atom is -0.463 e.